The molecule has 1 aromatic carbocycles. The molecule has 2 unspecified atom stereocenters. The Kier molecular flexibility index (Phi) is 4.24. The van der Waals surface area contributed by atoms with Gasteiger partial charge in [-0.1, -0.05) is 35.9 Å². The largest absolute Gasteiger partial charge is 0.399 e. The van der Waals surface area contributed by atoms with Gasteiger partial charge in [-0.2, -0.15) is 0 Å². The van der Waals surface area contributed by atoms with Crippen LogP contribution in [0.2, 0.25) is 5.02 Å². The number of amides is 1. The van der Waals surface area contributed by atoms with E-state index in [0.717, 1.165) is 0 Å². The summed E-state index contributed by atoms with van der Waals surface area (Å²) in [7, 11) is 0. The summed E-state index contributed by atoms with van der Waals surface area (Å²) in [5.74, 6) is -0.540. The third-order valence-electron chi connectivity index (χ3n) is 2.94. The molecule has 1 aromatic rings. The van der Waals surface area contributed by atoms with Crippen LogP contribution in [-0.2, 0) is 0 Å². The fraction of sp³-hybridized carbons (Fsp3) is 0.214. The van der Waals surface area contributed by atoms with E-state index < -0.39 is 12.1 Å². The van der Waals surface area contributed by atoms with E-state index in [0.29, 0.717) is 17.7 Å². The number of benzene rings is 1. The second-order valence-corrected chi connectivity index (χ2v) is 4.78. The summed E-state index contributed by atoms with van der Waals surface area (Å²) in [6.07, 6.45) is 7.29. The quantitative estimate of drug-likeness (QED) is 0.585. The summed E-state index contributed by atoms with van der Waals surface area (Å²) in [6.45, 7) is 0. The maximum Gasteiger partial charge on any atom is 0.254 e. The molecule has 4 nitrogen and oxygen atoms in total. The van der Waals surface area contributed by atoms with Crippen molar-refractivity contribution in [1.29, 1.82) is 0 Å². The molecule has 19 heavy (non-hydrogen) atoms. The number of allylic oxidation sites excluding steroid dienone is 3. The van der Waals surface area contributed by atoms with Crippen molar-refractivity contribution in [3.05, 3.63) is 53.1 Å². The van der Waals surface area contributed by atoms with Gasteiger partial charge in [-0.25, -0.2) is 0 Å². The predicted octanol–water partition coefficient (Wildman–Crippen LogP) is 2.10. The zero-order valence-electron chi connectivity index (χ0n) is 10.2. The monoisotopic (exact) mass is 278 g/mol. The Bertz CT molecular complexity index is 540. The molecule has 0 radical (unpaired) electrons. The lowest BCUT2D eigenvalue weighted by Gasteiger charge is -2.21. The maximum atomic E-state index is 12.0. The van der Waals surface area contributed by atoms with Crippen molar-refractivity contribution in [3.63, 3.8) is 0 Å². The molecule has 0 spiro atoms. The highest BCUT2D eigenvalue weighted by Crippen LogP contribution is 2.20. The molecule has 0 saturated heterocycles. The van der Waals surface area contributed by atoms with Gasteiger partial charge in [-0.05, 0) is 24.6 Å². The number of rotatable bonds is 3. The number of nitrogens with two attached hydrogens (primary N) is 1. The molecular weight excluding hydrogens is 264 g/mol. The van der Waals surface area contributed by atoms with E-state index in [1.165, 1.54) is 12.1 Å². The van der Waals surface area contributed by atoms with Gasteiger partial charge in [0.05, 0.1) is 10.6 Å². The van der Waals surface area contributed by atoms with Gasteiger partial charge in [-0.15, -0.1) is 0 Å². The van der Waals surface area contributed by atoms with Gasteiger partial charge in [0.2, 0.25) is 0 Å². The van der Waals surface area contributed by atoms with Gasteiger partial charge in [0.1, 0.15) is 6.23 Å². The average Bonchev–Trinajstić information content (AvgIpc) is 2.39. The van der Waals surface area contributed by atoms with E-state index in [2.05, 4.69) is 5.32 Å². The first-order valence-electron chi connectivity index (χ1n) is 5.95. The summed E-state index contributed by atoms with van der Waals surface area (Å²) >= 11 is 5.95. The van der Waals surface area contributed by atoms with Crippen LogP contribution in [0.25, 0.3) is 0 Å². The lowest BCUT2D eigenvalue weighted by atomic mass is 9.99. The number of carbonyl (C=O) groups is 1. The number of aliphatic hydroxyl groups excluding tert-OH is 1. The minimum atomic E-state index is -0.942. The summed E-state index contributed by atoms with van der Waals surface area (Å²) in [4.78, 5) is 12.0. The van der Waals surface area contributed by atoms with Gasteiger partial charge < -0.3 is 16.2 Å². The van der Waals surface area contributed by atoms with Crippen molar-refractivity contribution in [2.45, 2.75) is 12.6 Å². The van der Waals surface area contributed by atoms with Gasteiger partial charge in [0.25, 0.3) is 5.91 Å². The van der Waals surface area contributed by atoms with Crippen molar-refractivity contribution in [3.8, 4) is 0 Å². The van der Waals surface area contributed by atoms with Crippen molar-refractivity contribution >= 4 is 23.2 Å². The molecule has 1 aliphatic carbocycles. The van der Waals surface area contributed by atoms with Gasteiger partial charge in [-0.3, -0.25) is 4.79 Å². The normalized spacial score (nSPS) is 19.2. The van der Waals surface area contributed by atoms with Crippen LogP contribution in [0.1, 0.15) is 16.8 Å². The second kappa shape index (κ2) is 5.91. The van der Waals surface area contributed by atoms with Crippen molar-refractivity contribution < 1.29 is 9.90 Å². The molecule has 1 aliphatic rings. The molecule has 0 aromatic heterocycles. The fourth-order valence-corrected chi connectivity index (χ4v) is 2.14. The number of aliphatic hydroxyl groups is 1. The molecule has 0 saturated carbocycles. The SMILES string of the molecule is Nc1ccc(C(=O)NC(O)C2C=CC=CC2)c(Cl)c1. The van der Waals surface area contributed by atoms with Crippen LogP contribution in [0.4, 0.5) is 5.69 Å². The average molecular weight is 279 g/mol. The maximum absolute atomic E-state index is 12.0. The molecule has 4 N–H and O–H groups in total. The number of nitrogens with one attached hydrogen (secondary N) is 1. The summed E-state index contributed by atoms with van der Waals surface area (Å²) in [5, 5.41) is 12.8. The fourth-order valence-electron chi connectivity index (χ4n) is 1.87. The molecule has 5 heteroatoms. The topological polar surface area (TPSA) is 75.4 Å². The number of anilines is 1. The Labute approximate surface area is 116 Å². The first kappa shape index (κ1) is 13.6. The minimum absolute atomic E-state index is 0.124. The van der Waals surface area contributed by atoms with Crippen LogP contribution in [-0.4, -0.2) is 17.2 Å². The van der Waals surface area contributed by atoms with Crippen LogP contribution in [0.15, 0.2) is 42.5 Å². The zero-order chi connectivity index (χ0) is 13.8. The molecule has 0 bridgehead atoms. The molecule has 0 heterocycles. The summed E-state index contributed by atoms with van der Waals surface area (Å²) < 4.78 is 0. The summed E-state index contributed by atoms with van der Waals surface area (Å²) in [5.41, 5.74) is 6.35. The third kappa shape index (κ3) is 3.36. The predicted molar refractivity (Wildman–Crippen MR) is 75.7 cm³/mol. The zero-order valence-corrected chi connectivity index (χ0v) is 11.0. The Morgan fingerprint density at radius 1 is 1.47 bits per heavy atom. The number of halogens is 1. The first-order chi connectivity index (χ1) is 9.08. The highest BCUT2D eigenvalue weighted by molar-refractivity contribution is 6.34. The van der Waals surface area contributed by atoms with Gasteiger partial charge >= 0.3 is 0 Å². The Morgan fingerprint density at radius 3 is 2.89 bits per heavy atom. The van der Waals surface area contributed by atoms with Crippen molar-refractivity contribution in [2.24, 2.45) is 5.92 Å². The molecule has 0 aliphatic heterocycles. The van der Waals surface area contributed by atoms with E-state index in [-0.39, 0.29) is 10.9 Å². The van der Waals surface area contributed by atoms with E-state index in [4.69, 9.17) is 17.3 Å². The van der Waals surface area contributed by atoms with Crippen LogP contribution in [0.5, 0.6) is 0 Å². The molecule has 2 atom stereocenters. The van der Waals surface area contributed by atoms with E-state index in [1.807, 2.05) is 24.3 Å². The molecule has 100 valence electrons. The minimum Gasteiger partial charge on any atom is -0.399 e. The lowest BCUT2D eigenvalue weighted by molar-refractivity contribution is 0.0667. The van der Waals surface area contributed by atoms with Crippen LogP contribution >= 0.6 is 11.6 Å². The standard InChI is InChI=1S/C14H15ClN2O2/c15-12-8-10(16)6-7-11(12)14(19)17-13(18)9-4-2-1-3-5-9/h1-4,6-9,13,18H,5,16H2,(H,17,19). The Morgan fingerprint density at radius 2 is 2.26 bits per heavy atom. The van der Waals surface area contributed by atoms with Gasteiger partial charge in [0, 0.05) is 11.6 Å². The van der Waals surface area contributed by atoms with Crippen LogP contribution in [0.3, 0.4) is 0 Å². The highest BCUT2D eigenvalue weighted by Gasteiger charge is 2.20. The van der Waals surface area contributed by atoms with Crippen LogP contribution in [0, 0.1) is 5.92 Å². The molecular formula is C14H15ClN2O2. The smallest absolute Gasteiger partial charge is 0.254 e. The van der Waals surface area contributed by atoms with Crippen molar-refractivity contribution in [2.75, 3.05) is 5.73 Å². The van der Waals surface area contributed by atoms with Gasteiger partial charge in [0.15, 0.2) is 0 Å². The number of hydrogen-bond donors (Lipinski definition) is 3. The lowest BCUT2D eigenvalue weighted by Crippen LogP contribution is -2.39. The van der Waals surface area contributed by atoms with E-state index >= 15 is 0 Å². The highest BCUT2D eigenvalue weighted by atomic mass is 35.5. The molecule has 0 fully saturated rings. The number of hydrogen-bond acceptors (Lipinski definition) is 3. The number of carbonyl (C=O) groups excluding carboxylic acids is 1. The van der Waals surface area contributed by atoms with E-state index in [1.54, 1.807) is 6.07 Å². The van der Waals surface area contributed by atoms with E-state index in [9.17, 15) is 9.90 Å². The van der Waals surface area contributed by atoms with Crippen molar-refractivity contribution in [1.82, 2.24) is 5.32 Å². The number of nitrogen functional groups attached to an aromatic ring is 1. The van der Waals surface area contributed by atoms with Crippen LogP contribution < -0.4 is 11.1 Å². The Hall–Kier alpha value is -1.78. The Balaban J connectivity index is 2.04. The first-order valence-corrected chi connectivity index (χ1v) is 6.33. The molecule has 1 amide bonds. The second-order valence-electron chi connectivity index (χ2n) is 4.37. The molecule has 2 rings (SSSR count). The summed E-state index contributed by atoms with van der Waals surface area (Å²) in [6, 6.07) is 4.64. The third-order valence-corrected chi connectivity index (χ3v) is 3.25.